The Morgan fingerprint density at radius 1 is 1.21 bits per heavy atom. The fourth-order valence-electron chi connectivity index (χ4n) is 1.88. The highest BCUT2D eigenvalue weighted by molar-refractivity contribution is 5.90. The van der Waals surface area contributed by atoms with Gasteiger partial charge in [-0.2, -0.15) is 5.10 Å². The molecular weight excluding hydrogens is 242 g/mol. The molecule has 0 amide bonds. The summed E-state index contributed by atoms with van der Waals surface area (Å²) in [5.41, 5.74) is 1.53. The minimum Gasteiger partial charge on any atom is -0.465 e. The van der Waals surface area contributed by atoms with E-state index in [1.54, 1.807) is 12.1 Å². The van der Waals surface area contributed by atoms with Crippen LogP contribution in [0.4, 0.5) is 0 Å². The lowest BCUT2D eigenvalue weighted by molar-refractivity contribution is 0.0601. The first kappa shape index (κ1) is 13.5. The van der Waals surface area contributed by atoms with Crippen LogP contribution in [0.3, 0.4) is 0 Å². The van der Waals surface area contributed by atoms with E-state index in [1.807, 2.05) is 18.3 Å². The monoisotopic (exact) mass is 261 g/mol. The van der Waals surface area contributed by atoms with Gasteiger partial charge in [-0.25, -0.2) is 4.79 Å². The van der Waals surface area contributed by atoms with E-state index in [-0.39, 0.29) is 5.97 Å². The summed E-state index contributed by atoms with van der Waals surface area (Å²) in [5.74, 6) is -0.317. The fourth-order valence-corrected chi connectivity index (χ4v) is 1.88. The van der Waals surface area contributed by atoms with Crippen molar-refractivity contribution in [2.45, 2.75) is 0 Å². The van der Waals surface area contributed by atoms with Crippen molar-refractivity contribution in [3.8, 4) is 0 Å². The smallest absolute Gasteiger partial charge is 0.337 e. The van der Waals surface area contributed by atoms with Crippen LogP contribution in [0.15, 0.2) is 29.4 Å². The molecule has 1 aliphatic rings. The van der Waals surface area contributed by atoms with Crippen LogP contribution in [0.5, 0.6) is 0 Å². The topological polar surface area (TPSA) is 45.1 Å². The van der Waals surface area contributed by atoms with Crippen LogP contribution < -0.4 is 0 Å². The highest BCUT2D eigenvalue weighted by Crippen LogP contribution is 2.05. The maximum Gasteiger partial charge on any atom is 0.337 e. The second kappa shape index (κ2) is 6.33. The summed E-state index contributed by atoms with van der Waals surface area (Å²) < 4.78 is 4.66. The highest BCUT2D eigenvalue weighted by atomic mass is 16.5. The molecule has 5 heteroatoms. The molecule has 1 heterocycles. The van der Waals surface area contributed by atoms with E-state index in [9.17, 15) is 4.79 Å². The van der Waals surface area contributed by atoms with Crippen LogP contribution in [0.25, 0.3) is 0 Å². The molecule has 0 bridgehead atoms. The summed E-state index contributed by atoms with van der Waals surface area (Å²) in [6.45, 7) is 3.98. The second-order valence-electron chi connectivity index (χ2n) is 4.62. The molecule has 19 heavy (non-hydrogen) atoms. The molecule has 0 unspecified atom stereocenters. The molecule has 0 aliphatic carbocycles. The molecule has 0 N–H and O–H groups in total. The number of likely N-dealkylation sites (N-methyl/N-ethyl adjacent to an activating group) is 1. The highest BCUT2D eigenvalue weighted by Gasteiger charge is 2.10. The van der Waals surface area contributed by atoms with Gasteiger partial charge < -0.3 is 9.64 Å². The molecule has 1 aromatic carbocycles. The van der Waals surface area contributed by atoms with E-state index in [0.717, 1.165) is 31.7 Å². The molecular formula is C14H19N3O2. The molecule has 5 nitrogen and oxygen atoms in total. The Bertz CT molecular complexity index is 448. The van der Waals surface area contributed by atoms with Crippen LogP contribution in [0.2, 0.25) is 0 Å². The Balaban J connectivity index is 1.94. The molecule has 1 saturated heterocycles. The molecule has 1 aliphatic heterocycles. The van der Waals surface area contributed by atoms with E-state index < -0.39 is 0 Å². The number of carbonyl (C=O) groups is 1. The normalized spacial score (nSPS) is 16.8. The Hall–Kier alpha value is -1.88. The van der Waals surface area contributed by atoms with Gasteiger partial charge in [0, 0.05) is 26.2 Å². The zero-order chi connectivity index (χ0) is 13.7. The minimum absolute atomic E-state index is 0.317. The van der Waals surface area contributed by atoms with Crippen LogP contribution in [0.1, 0.15) is 15.9 Å². The van der Waals surface area contributed by atoms with Gasteiger partial charge in [-0.05, 0) is 24.7 Å². The SMILES string of the molecule is COC(=O)c1ccc(C=NN2CCN(C)CC2)cc1. The van der Waals surface area contributed by atoms with Crippen LogP contribution in [0, 0.1) is 0 Å². The van der Waals surface area contributed by atoms with E-state index in [4.69, 9.17) is 0 Å². The van der Waals surface area contributed by atoms with Crippen molar-refractivity contribution in [2.75, 3.05) is 40.3 Å². The lowest BCUT2D eigenvalue weighted by Crippen LogP contribution is -2.41. The van der Waals surface area contributed by atoms with Gasteiger partial charge in [-0.15, -0.1) is 0 Å². The number of rotatable bonds is 3. The molecule has 1 aromatic rings. The Labute approximate surface area is 113 Å². The number of ether oxygens (including phenoxy) is 1. The number of hydrazone groups is 1. The van der Waals surface area contributed by atoms with E-state index in [2.05, 4.69) is 26.8 Å². The van der Waals surface area contributed by atoms with Gasteiger partial charge in [0.05, 0.1) is 18.9 Å². The van der Waals surface area contributed by atoms with Gasteiger partial charge in [-0.1, -0.05) is 12.1 Å². The van der Waals surface area contributed by atoms with Gasteiger partial charge in [0.25, 0.3) is 0 Å². The molecule has 1 fully saturated rings. The number of carbonyl (C=O) groups excluding carboxylic acids is 1. The van der Waals surface area contributed by atoms with Crippen molar-refractivity contribution >= 4 is 12.2 Å². The van der Waals surface area contributed by atoms with Crippen molar-refractivity contribution in [1.29, 1.82) is 0 Å². The predicted octanol–water partition coefficient (Wildman–Crippen LogP) is 1.05. The quantitative estimate of drug-likeness (QED) is 0.603. The lowest BCUT2D eigenvalue weighted by atomic mass is 10.1. The number of methoxy groups -OCH3 is 1. The molecule has 0 spiro atoms. The number of benzene rings is 1. The average Bonchev–Trinajstić information content (AvgIpc) is 2.46. The van der Waals surface area contributed by atoms with E-state index in [0.29, 0.717) is 5.56 Å². The van der Waals surface area contributed by atoms with Gasteiger partial charge in [0.2, 0.25) is 0 Å². The maximum absolute atomic E-state index is 11.3. The number of hydrogen-bond acceptors (Lipinski definition) is 5. The van der Waals surface area contributed by atoms with E-state index in [1.165, 1.54) is 7.11 Å². The third-order valence-electron chi connectivity index (χ3n) is 3.18. The minimum atomic E-state index is -0.317. The van der Waals surface area contributed by atoms with Gasteiger partial charge in [0.1, 0.15) is 0 Å². The molecule has 0 saturated carbocycles. The standard InChI is InChI=1S/C14H19N3O2/c1-16-7-9-17(10-8-16)15-11-12-3-5-13(6-4-12)14(18)19-2/h3-6,11H,7-10H2,1-2H3. The number of hydrogen-bond donors (Lipinski definition) is 0. The lowest BCUT2D eigenvalue weighted by Gasteiger charge is -2.30. The largest absolute Gasteiger partial charge is 0.465 e. The number of piperazine rings is 1. The van der Waals surface area contributed by atoms with Gasteiger partial charge in [0.15, 0.2) is 0 Å². The summed E-state index contributed by atoms with van der Waals surface area (Å²) in [6.07, 6.45) is 1.83. The second-order valence-corrected chi connectivity index (χ2v) is 4.62. The summed E-state index contributed by atoms with van der Waals surface area (Å²) in [6, 6.07) is 7.23. The van der Waals surface area contributed by atoms with Crippen LogP contribution in [-0.2, 0) is 4.74 Å². The van der Waals surface area contributed by atoms with Crippen molar-refractivity contribution in [2.24, 2.45) is 5.10 Å². The number of esters is 1. The van der Waals surface area contributed by atoms with Gasteiger partial charge >= 0.3 is 5.97 Å². The Morgan fingerprint density at radius 3 is 2.42 bits per heavy atom. The van der Waals surface area contributed by atoms with Gasteiger partial charge in [-0.3, -0.25) is 5.01 Å². The zero-order valence-corrected chi connectivity index (χ0v) is 11.4. The third-order valence-corrected chi connectivity index (χ3v) is 3.18. The first-order valence-corrected chi connectivity index (χ1v) is 6.35. The molecule has 102 valence electrons. The fraction of sp³-hybridized carbons (Fsp3) is 0.429. The Morgan fingerprint density at radius 2 is 1.84 bits per heavy atom. The van der Waals surface area contributed by atoms with Crippen LogP contribution in [-0.4, -0.2) is 62.4 Å². The van der Waals surface area contributed by atoms with Crippen molar-refractivity contribution in [1.82, 2.24) is 9.91 Å². The summed E-state index contributed by atoms with van der Waals surface area (Å²) in [5, 5.41) is 6.51. The summed E-state index contributed by atoms with van der Waals surface area (Å²) in [7, 11) is 3.50. The van der Waals surface area contributed by atoms with Crippen molar-refractivity contribution < 1.29 is 9.53 Å². The molecule has 0 aromatic heterocycles. The van der Waals surface area contributed by atoms with Crippen molar-refractivity contribution in [3.63, 3.8) is 0 Å². The number of nitrogens with zero attached hydrogens (tertiary/aromatic N) is 3. The Kier molecular flexibility index (Phi) is 4.52. The molecule has 0 radical (unpaired) electrons. The maximum atomic E-state index is 11.3. The summed E-state index contributed by atoms with van der Waals surface area (Å²) >= 11 is 0. The third kappa shape index (κ3) is 3.79. The van der Waals surface area contributed by atoms with Crippen LogP contribution >= 0.6 is 0 Å². The first-order chi connectivity index (χ1) is 9.19. The zero-order valence-electron chi connectivity index (χ0n) is 11.4. The molecule has 2 rings (SSSR count). The van der Waals surface area contributed by atoms with Crippen molar-refractivity contribution in [3.05, 3.63) is 35.4 Å². The average molecular weight is 261 g/mol. The first-order valence-electron chi connectivity index (χ1n) is 6.35. The summed E-state index contributed by atoms with van der Waals surface area (Å²) in [4.78, 5) is 13.6. The predicted molar refractivity (Wildman–Crippen MR) is 74.4 cm³/mol. The molecule has 0 atom stereocenters. The van der Waals surface area contributed by atoms with E-state index >= 15 is 0 Å².